The van der Waals surface area contributed by atoms with E-state index in [0.29, 0.717) is 6.42 Å². The molecule has 1 unspecified atom stereocenters. The molecule has 1 heterocycles. The van der Waals surface area contributed by atoms with Crippen LogP contribution in [0.1, 0.15) is 219 Å². The topological polar surface area (TPSA) is 152 Å². The Morgan fingerprint density at radius 3 is 1.24 bits per heavy atom. The molecule has 0 aliphatic carbocycles. The maximum Gasteiger partial charge on any atom is 0.306 e. The van der Waals surface area contributed by atoms with Gasteiger partial charge in [0, 0.05) is 12.8 Å². The third kappa shape index (κ3) is 28.7. The summed E-state index contributed by atoms with van der Waals surface area (Å²) in [4.78, 5) is 25.3. The Morgan fingerprint density at radius 2 is 0.855 bits per heavy atom. The van der Waals surface area contributed by atoms with Gasteiger partial charge in [0.15, 0.2) is 12.4 Å². The number of carbonyl (C=O) groups is 2. The van der Waals surface area contributed by atoms with Crippen molar-refractivity contribution in [2.24, 2.45) is 0 Å². The summed E-state index contributed by atoms with van der Waals surface area (Å²) in [6, 6.07) is 0. The van der Waals surface area contributed by atoms with Gasteiger partial charge in [0.25, 0.3) is 0 Å². The molecule has 326 valence electrons. The summed E-state index contributed by atoms with van der Waals surface area (Å²) in [6.45, 7) is 3.45. The van der Waals surface area contributed by atoms with Crippen LogP contribution in [-0.4, -0.2) is 89.0 Å². The van der Waals surface area contributed by atoms with Gasteiger partial charge in [-0.2, -0.15) is 0 Å². The smallest absolute Gasteiger partial charge is 0.306 e. The molecule has 1 aliphatic rings. The molecule has 55 heavy (non-hydrogen) atoms. The van der Waals surface area contributed by atoms with Gasteiger partial charge in [0.05, 0.1) is 13.2 Å². The fraction of sp³-hybridized carbons (Fsp3) is 0.956. The molecule has 1 fully saturated rings. The highest BCUT2D eigenvalue weighted by Gasteiger charge is 2.44. The lowest BCUT2D eigenvalue weighted by atomic mass is 9.99. The number of hydrogen-bond acceptors (Lipinski definition) is 10. The predicted octanol–water partition coefficient (Wildman–Crippen LogP) is 9.78. The first-order valence-corrected chi connectivity index (χ1v) is 23.1. The van der Waals surface area contributed by atoms with Crippen LogP contribution in [0.4, 0.5) is 0 Å². The van der Waals surface area contributed by atoms with Gasteiger partial charge in [-0.05, 0) is 12.8 Å². The van der Waals surface area contributed by atoms with Crippen LogP contribution >= 0.6 is 0 Å². The Balaban J connectivity index is 2.29. The van der Waals surface area contributed by atoms with Gasteiger partial charge < -0.3 is 39.4 Å². The first kappa shape index (κ1) is 51.7. The average molecular weight is 787 g/mol. The Labute approximate surface area is 336 Å². The molecule has 4 N–H and O–H groups in total. The maximum absolute atomic E-state index is 12.7. The number of ether oxygens (including phenoxy) is 4. The molecule has 0 radical (unpaired) electrons. The molecule has 10 heteroatoms. The second-order valence-corrected chi connectivity index (χ2v) is 16.2. The van der Waals surface area contributed by atoms with E-state index >= 15 is 0 Å². The second kappa shape index (κ2) is 37.0. The first-order chi connectivity index (χ1) is 26.8. The molecule has 0 amide bonds. The average Bonchev–Trinajstić information content (AvgIpc) is 3.18. The fourth-order valence-corrected chi connectivity index (χ4v) is 7.31. The van der Waals surface area contributed by atoms with E-state index in [9.17, 15) is 30.0 Å². The summed E-state index contributed by atoms with van der Waals surface area (Å²) in [5.74, 6) is -0.791. The first-order valence-electron chi connectivity index (χ1n) is 23.1. The van der Waals surface area contributed by atoms with E-state index < -0.39 is 49.4 Å². The molecule has 10 nitrogen and oxygen atoms in total. The number of hydrogen-bond donors (Lipinski definition) is 4. The van der Waals surface area contributed by atoms with Crippen LogP contribution in [0.15, 0.2) is 0 Å². The van der Waals surface area contributed by atoms with Crippen LogP contribution in [-0.2, 0) is 28.5 Å². The summed E-state index contributed by atoms with van der Waals surface area (Å²) >= 11 is 0. The van der Waals surface area contributed by atoms with Crippen molar-refractivity contribution in [2.75, 3.05) is 19.8 Å². The highest BCUT2D eigenvalue weighted by atomic mass is 16.7. The van der Waals surface area contributed by atoms with Crippen molar-refractivity contribution in [3.05, 3.63) is 0 Å². The largest absolute Gasteiger partial charge is 0.462 e. The fourth-order valence-electron chi connectivity index (χ4n) is 7.31. The summed E-state index contributed by atoms with van der Waals surface area (Å²) in [5.41, 5.74) is 0. The van der Waals surface area contributed by atoms with Gasteiger partial charge in [0.1, 0.15) is 31.0 Å². The van der Waals surface area contributed by atoms with Crippen molar-refractivity contribution in [1.29, 1.82) is 0 Å². The SMILES string of the molecule is CCCCCCCCCCCCCCCCCCCC(=O)OCC(CO[C@@H]1O[C@H](CO)[C@H](O)[C@H](O)[C@@H]1O)OC(=O)CCCCCCCCCCCCCCC. The molecule has 0 aromatic carbocycles. The van der Waals surface area contributed by atoms with Crippen LogP contribution in [0.3, 0.4) is 0 Å². The summed E-state index contributed by atoms with van der Waals surface area (Å²) < 4.78 is 22.2. The monoisotopic (exact) mass is 787 g/mol. The van der Waals surface area contributed by atoms with Crippen molar-refractivity contribution in [2.45, 2.75) is 256 Å². The predicted molar refractivity (Wildman–Crippen MR) is 220 cm³/mol. The van der Waals surface area contributed by atoms with E-state index in [1.165, 1.54) is 148 Å². The zero-order valence-corrected chi connectivity index (χ0v) is 35.5. The standard InChI is InChI=1S/C45H86O10/c1-3-5-7-9-11-13-15-17-18-19-20-22-23-25-27-29-31-33-40(47)52-36-38(37-53-45-44(51)43(50)42(49)39(35-46)55-45)54-41(48)34-32-30-28-26-24-21-16-14-12-10-8-6-4-2/h38-39,42-46,49-51H,3-37H2,1-2H3/t38?,39-,42+,43+,44+,45-/m1/s1. The molecule has 0 bridgehead atoms. The number of aliphatic hydroxyl groups excluding tert-OH is 4. The van der Waals surface area contributed by atoms with E-state index in [-0.39, 0.29) is 32.0 Å². The van der Waals surface area contributed by atoms with Gasteiger partial charge in [0.2, 0.25) is 0 Å². The number of carbonyl (C=O) groups excluding carboxylic acids is 2. The summed E-state index contributed by atoms with van der Waals surface area (Å²) in [7, 11) is 0. The number of unbranched alkanes of at least 4 members (excludes halogenated alkanes) is 28. The molecule has 6 atom stereocenters. The van der Waals surface area contributed by atoms with Gasteiger partial charge in [-0.15, -0.1) is 0 Å². The van der Waals surface area contributed by atoms with Crippen LogP contribution in [0.2, 0.25) is 0 Å². The lowest BCUT2D eigenvalue weighted by Gasteiger charge is -2.39. The van der Waals surface area contributed by atoms with Gasteiger partial charge in [-0.1, -0.05) is 194 Å². The van der Waals surface area contributed by atoms with Gasteiger partial charge in [-0.3, -0.25) is 9.59 Å². The minimum absolute atomic E-state index is 0.209. The van der Waals surface area contributed by atoms with E-state index in [0.717, 1.165) is 38.5 Å². The highest BCUT2D eigenvalue weighted by Crippen LogP contribution is 2.23. The molecule has 1 rings (SSSR count). The van der Waals surface area contributed by atoms with Crippen LogP contribution in [0.5, 0.6) is 0 Å². The minimum Gasteiger partial charge on any atom is -0.462 e. The Hall–Kier alpha value is -1.30. The highest BCUT2D eigenvalue weighted by molar-refractivity contribution is 5.70. The molecular formula is C45H86O10. The van der Waals surface area contributed by atoms with Crippen molar-refractivity contribution >= 4 is 11.9 Å². The summed E-state index contributed by atoms with van der Waals surface area (Å²) in [6.07, 6.45) is 29.6. The van der Waals surface area contributed by atoms with E-state index in [1.807, 2.05) is 0 Å². The van der Waals surface area contributed by atoms with Crippen molar-refractivity contribution in [3.8, 4) is 0 Å². The molecule has 0 aromatic rings. The normalized spacial score (nSPS) is 20.4. The number of esters is 2. The third-order valence-corrected chi connectivity index (χ3v) is 11.0. The van der Waals surface area contributed by atoms with Gasteiger partial charge >= 0.3 is 11.9 Å². The van der Waals surface area contributed by atoms with E-state index in [1.54, 1.807) is 0 Å². The van der Waals surface area contributed by atoms with Crippen molar-refractivity contribution in [3.63, 3.8) is 0 Å². The summed E-state index contributed by atoms with van der Waals surface area (Å²) in [5, 5.41) is 40.1. The zero-order valence-electron chi connectivity index (χ0n) is 35.5. The molecule has 0 spiro atoms. The lowest BCUT2D eigenvalue weighted by molar-refractivity contribution is -0.305. The maximum atomic E-state index is 12.7. The minimum atomic E-state index is -1.59. The van der Waals surface area contributed by atoms with Crippen LogP contribution in [0.25, 0.3) is 0 Å². The molecule has 0 saturated carbocycles. The zero-order chi connectivity index (χ0) is 40.2. The Morgan fingerprint density at radius 1 is 0.491 bits per heavy atom. The molecule has 0 aromatic heterocycles. The van der Waals surface area contributed by atoms with Gasteiger partial charge in [-0.25, -0.2) is 0 Å². The molecular weight excluding hydrogens is 700 g/mol. The van der Waals surface area contributed by atoms with Crippen LogP contribution < -0.4 is 0 Å². The van der Waals surface area contributed by atoms with E-state index in [4.69, 9.17) is 18.9 Å². The number of aliphatic hydroxyl groups is 4. The van der Waals surface area contributed by atoms with E-state index in [2.05, 4.69) is 13.8 Å². The Bertz CT molecular complexity index is 871. The van der Waals surface area contributed by atoms with Crippen LogP contribution in [0, 0.1) is 0 Å². The molecule has 1 aliphatic heterocycles. The second-order valence-electron chi connectivity index (χ2n) is 16.2. The van der Waals surface area contributed by atoms with Crippen molar-refractivity contribution in [1.82, 2.24) is 0 Å². The lowest BCUT2D eigenvalue weighted by Crippen LogP contribution is -2.59. The number of rotatable bonds is 39. The quantitative estimate of drug-likeness (QED) is 0.0350. The third-order valence-electron chi connectivity index (χ3n) is 11.0. The molecule has 1 saturated heterocycles. The Kier molecular flexibility index (Phi) is 34.8. The van der Waals surface area contributed by atoms with Crippen molar-refractivity contribution < 1.29 is 49.0 Å².